The summed E-state index contributed by atoms with van der Waals surface area (Å²) in [5, 5.41) is 6.27. The van der Waals surface area contributed by atoms with E-state index in [1.54, 1.807) is 6.07 Å². The number of nitrogens with one attached hydrogen (secondary N) is 2. The summed E-state index contributed by atoms with van der Waals surface area (Å²) in [5.41, 5.74) is 2.03. The molecule has 0 aromatic heterocycles. The highest BCUT2D eigenvalue weighted by Gasteiger charge is 2.16. The van der Waals surface area contributed by atoms with Gasteiger partial charge in [0.2, 0.25) is 5.91 Å². The van der Waals surface area contributed by atoms with E-state index < -0.39 is 0 Å². The minimum atomic E-state index is -0.207. The Labute approximate surface area is 120 Å². The highest BCUT2D eigenvalue weighted by Crippen LogP contribution is 2.15. The molecule has 1 saturated heterocycles. The molecule has 1 aromatic carbocycles. The van der Waals surface area contributed by atoms with Gasteiger partial charge < -0.3 is 10.6 Å². The predicted molar refractivity (Wildman–Crippen MR) is 78.1 cm³/mol. The third-order valence-corrected chi connectivity index (χ3v) is 3.95. The van der Waals surface area contributed by atoms with Crippen molar-refractivity contribution in [2.45, 2.75) is 32.6 Å². The van der Waals surface area contributed by atoms with Crippen molar-refractivity contribution in [3.05, 3.63) is 35.1 Å². The van der Waals surface area contributed by atoms with E-state index in [0.717, 1.165) is 43.5 Å². The topological polar surface area (TPSA) is 41.1 Å². The Morgan fingerprint density at radius 2 is 2.15 bits per heavy atom. The third-order valence-electron chi connectivity index (χ3n) is 3.95. The first kappa shape index (κ1) is 15.0. The third kappa shape index (κ3) is 4.60. The molecule has 1 aromatic rings. The molecule has 0 unspecified atom stereocenters. The Morgan fingerprint density at radius 1 is 1.40 bits per heavy atom. The molecule has 0 aliphatic carbocycles. The van der Waals surface area contributed by atoms with Gasteiger partial charge in [0.05, 0.1) is 0 Å². The van der Waals surface area contributed by atoms with E-state index >= 15 is 0 Å². The van der Waals surface area contributed by atoms with E-state index in [9.17, 15) is 9.18 Å². The summed E-state index contributed by atoms with van der Waals surface area (Å²) in [4.78, 5) is 11.8. The van der Waals surface area contributed by atoms with Crippen molar-refractivity contribution in [3.8, 4) is 0 Å². The minimum absolute atomic E-state index is 0.136. The summed E-state index contributed by atoms with van der Waals surface area (Å²) in [7, 11) is 0. The molecule has 0 spiro atoms. The first-order valence-electron chi connectivity index (χ1n) is 7.37. The number of amides is 1. The van der Waals surface area contributed by atoms with Crippen molar-refractivity contribution in [2.24, 2.45) is 5.92 Å². The maximum Gasteiger partial charge on any atom is 0.220 e. The Kier molecular flexibility index (Phi) is 5.53. The molecule has 3 nitrogen and oxygen atoms in total. The fourth-order valence-corrected chi connectivity index (χ4v) is 2.70. The molecule has 1 fully saturated rings. The molecular weight excluding hydrogens is 255 g/mol. The molecule has 0 bridgehead atoms. The van der Waals surface area contributed by atoms with Crippen molar-refractivity contribution >= 4 is 5.91 Å². The summed E-state index contributed by atoms with van der Waals surface area (Å²) >= 11 is 0. The van der Waals surface area contributed by atoms with Crippen LogP contribution in [0.4, 0.5) is 4.39 Å². The van der Waals surface area contributed by atoms with Crippen LogP contribution in [0.25, 0.3) is 0 Å². The Hall–Kier alpha value is -1.42. The van der Waals surface area contributed by atoms with Crippen LogP contribution in [0.1, 0.15) is 30.4 Å². The molecule has 20 heavy (non-hydrogen) atoms. The molecule has 4 heteroatoms. The average Bonchev–Trinajstić information content (AvgIpc) is 2.42. The first-order chi connectivity index (χ1) is 9.65. The quantitative estimate of drug-likeness (QED) is 0.867. The minimum Gasteiger partial charge on any atom is -0.356 e. The maximum atomic E-state index is 13.0. The summed E-state index contributed by atoms with van der Waals surface area (Å²) in [6.07, 6.45) is 3.56. The van der Waals surface area contributed by atoms with Gasteiger partial charge in [0.25, 0.3) is 0 Å². The second kappa shape index (κ2) is 7.39. The number of hydrogen-bond donors (Lipinski definition) is 2. The van der Waals surface area contributed by atoms with Crippen molar-refractivity contribution in [2.75, 3.05) is 19.6 Å². The summed E-state index contributed by atoms with van der Waals surface area (Å²) in [5.74, 6) is 0.446. The Balaban J connectivity index is 1.70. The average molecular weight is 278 g/mol. The molecule has 1 aliphatic rings. The molecule has 0 saturated carbocycles. The summed E-state index contributed by atoms with van der Waals surface area (Å²) in [6, 6.07) is 4.80. The van der Waals surface area contributed by atoms with Gasteiger partial charge in [0.1, 0.15) is 5.82 Å². The van der Waals surface area contributed by atoms with Crippen LogP contribution in [0.5, 0.6) is 0 Å². The highest BCUT2D eigenvalue weighted by molar-refractivity contribution is 5.76. The number of halogens is 1. The summed E-state index contributed by atoms with van der Waals surface area (Å²) < 4.78 is 13.0. The standard InChI is InChI=1S/C16H23FN2O/c1-12-10-15(17)3-2-14(12)6-9-19-16(20)11-13-4-7-18-8-5-13/h2-3,10,13,18H,4-9,11H2,1H3,(H,19,20). The lowest BCUT2D eigenvalue weighted by atomic mass is 9.94. The smallest absolute Gasteiger partial charge is 0.220 e. The van der Waals surface area contributed by atoms with Gasteiger partial charge in [-0.25, -0.2) is 4.39 Å². The normalized spacial score (nSPS) is 16.1. The van der Waals surface area contributed by atoms with Crippen LogP contribution in [-0.4, -0.2) is 25.5 Å². The zero-order valence-corrected chi connectivity index (χ0v) is 12.0. The van der Waals surface area contributed by atoms with E-state index in [0.29, 0.717) is 18.9 Å². The highest BCUT2D eigenvalue weighted by atomic mass is 19.1. The number of rotatable bonds is 5. The molecule has 1 aliphatic heterocycles. The first-order valence-corrected chi connectivity index (χ1v) is 7.37. The molecule has 0 atom stereocenters. The van der Waals surface area contributed by atoms with Crippen LogP contribution in [-0.2, 0) is 11.2 Å². The molecular formula is C16H23FN2O. The molecule has 1 heterocycles. The second-order valence-electron chi connectivity index (χ2n) is 5.57. The van der Waals surface area contributed by atoms with Gasteiger partial charge in [-0.05, 0) is 68.5 Å². The fraction of sp³-hybridized carbons (Fsp3) is 0.562. The SMILES string of the molecule is Cc1cc(F)ccc1CCNC(=O)CC1CCNCC1. The lowest BCUT2D eigenvalue weighted by Gasteiger charge is -2.21. The van der Waals surface area contributed by atoms with Crippen molar-refractivity contribution < 1.29 is 9.18 Å². The van der Waals surface area contributed by atoms with Crippen molar-refractivity contribution in [1.82, 2.24) is 10.6 Å². The van der Waals surface area contributed by atoms with Gasteiger partial charge in [-0.2, -0.15) is 0 Å². The van der Waals surface area contributed by atoms with Crippen molar-refractivity contribution in [3.63, 3.8) is 0 Å². The second-order valence-corrected chi connectivity index (χ2v) is 5.57. The van der Waals surface area contributed by atoms with Crippen molar-refractivity contribution in [1.29, 1.82) is 0 Å². The van der Waals surface area contributed by atoms with E-state index in [2.05, 4.69) is 10.6 Å². The van der Waals surface area contributed by atoms with Gasteiger partial charge in [-0.1, -0.05) is 6.07 Å². The van der Waals surface area contributed by atoms with E-state index in [1.807, 2.05) is 6.92 Å². The molecule has 0 radical (unpaired) electrons. The summed E-state index contributed by atoms with van der Waals surface area (Å²) in [6.45, 7) is 4.56. The van der Waals surface area contributed by atoms with E-state index in [-0.39, 0.29) is 11.7 Å². The Bertz CT molecular complexity index is 456. The monoisotopic (exact) mass is 278 g/mol. The van der Waals surface area contributed by atoms with Gasteiger partial charge >= 0.3 is 0 Å². The zero-order valence-electron chi connectivity index (χ0n) is 12.0. The number of carbonyl (C=O) groups excluding carboxylic acids is 1. The Morgan fingerprint density at radius 3 is 2.85 bits per heavy atom. The van der Waals surface area contributed by atoms with E-state index in [1.165, 1.54) is 12.1 Å². The van der Waals surface area contributed by atoms with Crippen LogP contribution in [0, 0.1) is 18.7 Å². The number of carbonyl (C=O) groups is 1. The molecule has 110 valence electrons. The maximum absolute atomic E-state index is 13.0. The van der Waals surface area contributed by atoms with Gasteiger partial charge in [0, 0.05) is 13.0 Å². The lowest BCUT2D eigenvalue weighted by molar-refractivity contribution is -0.122. The number of aryl methyl sites for hydroxylation is 1. The van der Waals surface area contributed by atoms with Crippen LogP contribution < -0.4 is 10.6 Å². The van der Waals surface area contributed by atoms with Crippen LogP contribution in [0.2, 0.25) is 0 Å². The lowest BCUT2D eigenvalue weighted by Crippen LogP contribution is -2.33. The van der Waals surface area contributed by atoms with E-state index in [4.69, 9.17) is 0 Å². The van der Waals surface area contributed by atoms with Crippen LogP contribution >= 0.6 is 0 Å². The predicted octanol–water partition coefficient (Wildman–Crippen LogP) is 2.18. The zero-order chi connectivity index (χ0) is 14.4. The van der Waals surface area contributed by atoms with Gasteiger partial charge in [-0.3, -0.25) is 4.79 Å². The largest absolute Gasteiger partial charge is 0.356 e. The number of benzene rings is 1. The number of hydrogen-bond acceptors (Lipinski definition) is 2. The number of piperidine rings is 1. The van der Waals surface area contributed by atoms with Crippen LogP contribution in [0.3, 0.4) is 0 Å². The van der Waals surface area contributed by atoms with Gasteiger partial charge in [0.15, 0.2) is 0 Å². The van der Waals surface area contributed by atoms with Gasteiger partial charge in [-0.15, -0.1) is 0 Å². The molecule has 2 N–H and O–H groups in total. The molecule has 2 rings (SSSR count). The molecule has 1 amide bonds. The fourth-order valence-electron chi connectivity index (χ4n) is 2.70. The van der Waals surface area contributed by atoms with Crippen LogP contribution in [0.15, 0.2) is 18.2 Å².